The van der Waals surface area contributed by atoms with Gasteiger partial charge in [-0.1, -0.05) is 12.1 Å². The van der Waals surface area contributed by atoms with Gasteiger partial charge in [-0.25, -0.2) is 4.98 Å². The van der Waals surface area contributed by atoms with Gasteiger partial charge in [0.25, 0.3) is 0 Å². The molecule has 1 N–H and O–H groups in total. The van der Waals surface area contributed by atoms with Gasteiger partial charge in [-0.3, -0.25) is 14.6 Å². The van der Waals surface area contributed by atoms with Crippen molar-refractivity contribution >= 4 is 29.4 Å². The minimum atomic E-state index is -0.0656. The van der Waals surface area contributed by atoms with Crippen LogP contribution in [-0.2, 0) is 15.3 Å². The summed E-state index contributed by atoms with van der Waals surface area (Å²) in [4.78, 5) is 34.7. The molecule has 0 bridgehead atoms. The Hall–Kier alpha value is -2.41. The molecule has 1 fully saturated rings. The number of anilines is 1. The Bertz CT molecular complexity index is 719. The van der Waals surface area contributed by atoms with Crippen LogP contribution >= 0.6 is 11.8 Å². The molecule has 0 unspecified atom stereocenters. The van der Waals surface area contributed by atoms with E-state index < -0.39 is 0 Å². The van der Waals surface area contributed by atoms with Crippen LogP contribution < -0.4 is 5.32 Å². The van der Waals surface area contributed by atoms with Gasteiger partial charge in [0.15, 0.2) is 0 Å². The molecule has 0 saturated carbocycles. The third-order valence-corrected chi connectivity index (χ3v) is 5.34. The maximum absolute atomic E-state index is 12.3. The number of nitrogens with zero attached hydrogens (tertiary/aromatic N) is 3. The van der Waals surface area contributed by atoms with E-state index in [2.05, 4.69) is 15.3 Å². The lowest BCUT2D eigenvalue weighted by atomic mass is 9.96. The summed E-state index contributed by atoms with van der Waals surface area (Å²) in [7, 11) is 0. The highest BCUT2D eigenvalue weighted by molar-refractivity contribution is 7.99. The molecule has 1 aliphatic rings. The number of thioether (sulfide) groups is 1. The van der Waals surface area contributed by atoms with Crippen LogP contribution in [0.3, 0.4) is 0 Å². The maximum atomic E-state index is 12.3. The number of hydrogen-bond acceptors (Lipinski definition) is 5. The van der Waals surface area contributed by atoms with Crippen molar-refractivity contribution < 1.29 is 9.59 Å². The lowest BCUT2D eigenvalue weighted by Crippen LogP contribution is -2.42. The second kappa shape index (κ2) is 9.33. The molecule has 2 aromatic heterocycles. The fraction of sp³-hybridized carbons (Fsp3) is 0.368. The Balaban J connectivity index is 1.38. The molecule has 7 heteroatoms. The number of rotatable bonds is 6. The first-order valence-corrected chi connectivity index (χ1v) is 9.84. The Morgan fingerprint density at radius 3 is 2.69 bits per heavy atom. The second-order valence-electron chi connectivity index (χ2n) is 6.21. The van der Waals surface area contributed by atoms with Gasteiger partial charge in [0.2, 0.25) is 11.8 Å². The summed E-state index contributed by atoms with van der Waals surface area (Å²) in [6.45, 7) is 1.26. The summed E-state index contributed by atoms with van der Waals surface area (Å²) < 4.78 is 0. The normalized spacial score (nSPS) is 14.8. The third-order valence-electron chi connectivity index (χ3n) is 4.35. The second-order valence-corrected chi connectivity index (χ2v) is 7.20. The van der Waals surface area contributed by atoms with Gasteiger partial charge in [-0.2, -0.15) is 0 Å². The molecule has 2 amide bonds. The van der Waals surface area contributed by atoms with E-state index in [1.807, 2.05) is 35.4 Å². The minimum Gasteiger partial charge on any atom is -0.342 e. The number of carbonyl (C=O) groups is 2. The van der Waals surface area contributed by atoms with E-state index in [1.54, 1.807) is 30.2 Å². The summed E-state index contributed by atoms with van der Waals surface area (Å²) in [6.07, 6.45) is 6.60. The minimum absolute atomic E-state index is 0.0123. The van der Waals surface area contributed by atoms with Crippen molar-refractivity contribution in [2.24, 2.45) is 5.92 Å². The van der Waals surface area contributed by atoms with Gasteiger partial charge in [0.1, 0.15) is 5.82 Å². The van der Waals surface area contributed by atoms with Gasteiger partial charge in [0, 0.05) is 43.4 Å². The summed E-state index contributed by atoms with van der Waals surface area (Å²) in [5, 5.41) is 2.84. The molecule has 2 aromatic rings. The molecule has 0 spiro atoms. The zero-order chi connectivity index (χ0) is 18.2. The van der Waals surface area contributed by atoms with Crippen LogP contribution in [0.15, 0.2) is 48.9 Å². The van der Waals surface area contributed by atoms with Crippen molar-refractivity contribution in [3.8, 4) is 0 Å². The van der Waals surface area contributed by atoms with Gasteiger partial charge in [-0.05, 0) is 36.6 Å². The van der Waals surface area contributed by atoms with E-state index in [9.17, 15) is 9.59 Å². The molecule has 3 rings (SSSR count). The molecule has 26 heavy (non-hydrogen) atoms. The van der Waals surface area contributed by atoms with E-state index >= 15 is 0 Å². The number of pyridine rings is 2. The highest BCUT2D eigenvalue weighted by Gasteiger charge is 2.27. The summed E-state index contributed by atoms with van der Waals surface area (Å²) in [6, 6.07) is 9.34. The predicted molar refractivity (Wildman–Crippen MR) is 103 cm³/mol. The van der Waals surface area contributed by atoms with Gasteiger partial charge in [-0.15, -0.1) is 11.8 Å². The van der Waals surface area contributed by atoms with Crippen LogP contribution in [0.2, 0.25) is 0 Å². The van der Waals surface area contributed by atoms with E-state index in [0.29, 0.717) is 37.5 Å². The van der Waals surface area contributed by atoms with Crippen LogP contribution in [0.4, 0.5) is 5.82 Å². The van der Waals surface area contributed by atoms with Crippen LogP contribution in [0.1, 0.15) is 18.4 Å². The van der Waals surface area contributed by atoms with Crippen molar-refractivity contribution in [2.75, 3.05) is 24.2 Å². The molecule has 0 atom stereocenters. The van der Waals surface area contributed by atoms with Gasteiger partial charge < -0.3 is 10.2 Å². The monoisotopic (exact) mass is 370 g/mol. The molecule has 0 aliphatic carbocycles. The molecule has 6 nitrogen and oxygen atoms in total. The molecular formula is C19H22N4O2S. The number of nitrogens with one attached hydrogen (secondary N) is 1. The standard InChI is InChI=1S/C19H22N4O2S/c24-18(14-26-13-15-4-3-8-20-12-15)23-10-6-16(7-11-23)19(25)22-17-5-1-2-9-21-17/h1-5,8-9,12,16H,6-7,10-11,13-14H2,(H,21,22,25). The molecule has 1 aliphatic heterocycles. The fourth-order valence-corrected chi connectivity index (χ4v) is 3.75. The highest BCUT2D eigenvalue weighted by Crippen LogP contribution is 2.20. The van der Waals surface area contributed by atoms with Crippen LogP contribution in [-0.4, -0.2) is 45.5 Å². The molecule has 0 radical (unpaired) electrons. The summed E-state index contributed by atoms with van der Waals surface area (Å²) >= 11 is 1.60. The molecule has 3 heterocycles. The zero-order valence-corrected chi connectivity index (χ0v) is 15.3. The first kappa shape index (κ1) is 18.4. The first-order valence-electron chi connectivity index (χ1n) is 8.68. The van der Waals surface area contributed by atoms with E-state index in [-0.39, 0.29) is 17.7 Å². The van der Waals surface area contributed by atoms with Crippen molar-refractivity contribution in [3.63, 3.8) is 0 Å². The van der Waals surface area contributed by atoms with Crippen LogP contribution in [0.25, 0.3) is 0 Å². The van der Waals surface area contributed by atoms with Crippen molar-refractivity contribution in [1.82, 2.24) is 14.9 Å². The quantitative estimate of drug-likeness (QED) is 0.846. The number of piperidine rings is 1. The number of carbonyl (C=O) groups excluding carboxylic acids is 2. The van der Waals surface area contributed by atoms with Crippen LogP contribution in [0.5, 0.6) is 0 Å². The van der Waals surface area contributed by atoms with Gasteiger partial charge >= 0.3 is 0 Å². The smallest absolute Gasteiger partial charge is 0.232 e. The van der Waals surface area contributed by atoms with Gasteiger partial charge in [0.05, 0.1) is 5.75 Å². The number of amides is 2. The lowest BCUT2D eigenvalue weighted by molar-refractivity contribution is -0.132. The van der Waals surface area contributed by atoms with Crippen molar-refractivity contribution in [2.45, 2.75) is 18.6 Å². The van der Waals surface area contributed by atoms with E-state index in [1.165, 1.54) is 0 Å². The molecule has 1 saturated heterocycles. The van der Waals surface area contributed by atoms with Crippen molar-refractivity contribution in [1.29, 1.82) is 0 Å². The van der Waals surface area contributed by atoms with E-state index in [4.69, 9.17) is 0 Å². The SMILES string of the molecule is O=C(Nc1ccccn1)C1CCN(C(=O)CSCc2cccnc2)CC1. The summed E-state index contributed by atoms with van der Waals surface area (Å²) in [5.74, 6) is 1.87. The Labute approximate surface area is 157 Å². The number of likely N-dealkylation sites (tertiary alicyclic amines) is 1. The third kappa shape index (κ3) is 5.29. The first-order chi connectivity index (χ1) is 12.7. The van der Waals surface area contributed by atoms with E-state index in [0.717, 1.165) is 11.3 Å². The van der Waals surface area contributed by atoms with Crippen molar-refractivity contribution in [3.05, 3.63) is 54.5 Å². The highest BCUT2D eigenvalue weighted by atomic mass is 32.2. The number of aromatic nitrogens is 2. The average Bonchev–Trinajstić information content (AvgIpc) is 2.69. The Morgan fingerprint density at radius 2 is 2.00 bits per heavy atom. The molecular weight excluding hydrogens is 348 g/mol. The number of hydrogen-bond donors (Lipinski definition) is 1. The predicted octanol–water partition coefficient (Wildman–Crippen LogP) is 2.59. The maximum Gasteiger partial charge on any atom is 0.232 e. The lowest BCUT2D eigenvalue weighted by Gasteiger charge is -2.31. The molecule has 136 valence electrons. The average molecular weight is 370 g/mol. The molecule has 0 aromatic carbocycles. The topological polar surface area (TPSA) is 75.2 Å². The Kier molecular flexibility index (Phi) is 6.60. The fourth-order valence-electron chi connectivity index (χ4n) is 2.89. The zero-order valence-electron chi connectivity index (χ0n) is 14.5. The Morgan fingerprint density at radius 1 is 1.15 bits per heavy atom. The largest absolute Gasteiger partial charge is 0.342 e. The van der Waals surface area contributed by atoms with Crippen LogP contribution in [0, 0.1) is 5.92 Å². The summed E-state index contributed by atoms with van der Waals surface area (Å²) in [5.41, 5.74) is 1.12.